The standard InChI is InChI=1S/C30H28ClN3O5/c1-37-28-12-8-20(17-29(28)38-2)7-11-26(35)23-5-3-4-6-27(23)39-19-30(36)34-16-15-33-24-13-14-32-25-18-21(31)9-10-22(24)25/h3-14,17-18H,15-16,19H2,1-2H3,(H,32,33)(H,34,36)/b11-7+. The monoisotopic (exact) mass is 545 g/mol. The van der Waals surface area contributed by atoms with Crippen LogP contribution in [0.15, 0.2) is 79.0 Å². The summed E-state index contributed by atoms with van der Waals surface area (Å²) in [5, 5.41) is 7.67. The highest BCUT2D eigenvalue weighted by Crippen LogP contribution is 2.28. The minimum Gasteiger partial charge on any atom is -0.493 e. The molecule has 0 fully saturated rings. The van der Waals surface area contributed by atoms with E-state index in [0.717, 1.165) is 22.2 Å². The molecule has 0 saturated carbocycles. The molecule has 0 spiro atoms. The summed E-state index contributed by atoms with van der Waals surface area (Å²) in [6.45, 7) is 0.665. The number of halogens is 1. The number of ether oxygens (including phenoxy) is 3. The molecule has 0 unspecified atom stereocenters. The number of ketones is 1. The van der Waals surface area contributed by atoms with Gasteiger partial charge in [-0.3, -0.25) is 14.6 Å². The van der Waals surface area contributed by atoms with Crippen molar-refractivity contribution in [2.45, 2.75) is 0 Å². The lowest BCUT2D eigenvalue weighted by molar-refractivity contribution is -0.123. The molecule has 1 amide bonds. The van der Waals surface area contributed by atoms with Crippen molar-refractivity contribution in [2.24, 2.45) is 0 Å². The fourth-order valence-electron chi connectivity index (χ4n) is 3.88. The summed E-state index contributed by atoms with van der Waals surface area (Å²) < 4.78 is 16.2. The normalized spacial score (nSPS) is 10.8. The number of allylic oxidation sites excluding steroid dienone is 1. The number of anilines is 1. The first-order valence-corrected chi connectivity index (χ1v) is 12.6. The van der Waals surface area contributed by atoms with Crippen molar-refractivity contribution in [2.75, 3.05) is 39.2 Å². The zero-order valence-electron chi connectivity index (χ0n) is 21.6. The Morgan fingerprint density at radius 1 is 0.923 bits per heavy atom. The fourth-order valence-corrected chi connectivity index (χ4v) is 4.05. The van der Waals surface area contributed by atoms with Crippen LogP contribution in [0, 0.1) is 0 Å². The summed E-state index contributed by atoms with van der Waals surface area (Å²) >= 11 is 6.04. The van der Waals surface area contributed by atoms with Gasteiger partial charge in [0.1, 0.15) is 5.75 Å². The van der Waals surface area contributed by atoms with Crippen LogP contribution >= 0.6 is 11.6 Å². The molecule has 39 heavy (non-hydrogen) atoms. The number of pyridine rings is 1. The highest BCUT2D eigenvalue weighted by Gasteiger charge is 2.12. The van der Waals surface area contributed by atoms with Crippen LogP contribution in [0.5, 0.6) is 17.2 Å². The Morgan fingerprint density at radius 2 is 1.74 bits per heavy atom. The van der Waals surface area contributed by atoms with Crippen molar-refractivity contribution in [3.63, 3.8) is 0 Å². The van der Waals surface area contributed by atoms with E-state index in [2.05, 4.69) is 15.6 Å². The summed E-state index contributed by atoms with van der Waals surface area (Å²) in [6.07, 6.45) is 4.84. The fraction of sp³-hybridized carbons (Fsp3) is 0.167. The number of carbonyl (C=O) groups excluding carboxylic acids is 2. The second kappa shape index (κ2) is 13.3. The van der Waals surface area contributed by atoms with E-state index in [-0.39, 0.29) is 18.3 Å². The molecule has 2 N–H and O–H groups in total. The summed E-state index contributed by atoms with van der Waals surface area (Å²) in [5.74, 6) is 0.942. The molecule has 1 heterocycles. The van der Waals surface area contributed by atoms with E-state index in [0.29, 0.717) is 40.9 Å². The molecule has 0 radical (unpaired) electrons. The number of nitrogens with one attached hydrogen (secondary N) is 2. The third-order valence-corrected chi connectivity index (χ3v) is 6.05. The molecule has 3 aromatic carbocycles. The van der Waals surface area contributed by atoms with E-state index in [1.54, 1.807) is 69.0 Å². The molecule has 1 aromatic heterocycles. The van der Waals surface area contributed by atoms with Gasteiger partial charge in [-0.25, -0.2) is 0 Å². The molecule has 0 aliphatic heterocycles. The van der Waals surface area contributed by atoms with Crippen LogP contribution < -0.4 is 24.8 Å². The number of nitrogens with zero attached hydrogens (tertiary/aromatic N) is 1. The number of fused-ring (bicyclic) bond motifs is 1. The topological polar surface area (TPSA) is 98.8 Å². The first-order valence-electron chi connectivity index (χ1n) is 12.2. The van der Waals surface area contributed by atoms with Gasteiger partial charge in [-0.1, -0.05) is 35.9 Å². The molecule has 8 nitrogen and oxygen atoms in total. The number of rotatable bonds is 12. The number of benzene rings is 3. The Bertz CT molecular complexity index is 1510. The minimum absolute atomic E-state index is 0.222. The summed E-state index contributed by atoms with van der Waals surface area (Å²) in [5.41, 5.74) is 2.82. The Hall–Kier alpha value is -4.56. The minimum atomic E-state index is -0.300. The van der Waals surface area contributed by atoms with Crippen LogP contribution in [0.3, 0.4) is 0 Å². The first kappa shape index (κ1) is 27.5. The Labute approximate surface area is 231 Å². The zero-order valence-corrected chi connectivity index (χ0v) is 22.3. The first-order chi connectivity index (χ1) is 19.0. The lowest BCUT2D eigenvalue weighted by Crippen LogP contribution is -2.32. The predicted molar refractivity (Wildman–Crippen MR) is 153 cm³/mol. The molecule has 0 aliphatic rings. The number of methoxy groups -OCH3 is 2. The van der Waals surface area contributed by atoms with Crippen molar-refractivity contribution in [3.05, 3.63) is 95.2 Å². The lowest BCUT2D eigenvalue weighted by Gasteiger charge is -2.12. The summed E-state index contributed by atoms with van der Waals surface area (Å²) in [6, 6.07) is 19.6. The van der Waals surface area contributed by atoms with Crippen LogP contribution in [0.25, 0.3) is 17.0 Å². The second-order valence-electron chi connectivity index (χ2n) is 8.39. The van der Waals surface area contributed by atoms with Crippen molar-refractivity contribution in [3.8, 4) is 17.2 Å². The van der Waals surface area contributed by atoms with Gasteiger partial charge in [-0.05, 0) is 60.2 Å². The van der Waals surface area contributed by atoms with Gasteiger partial charge in [0, 0.05) is 35.4 Å². The van der Waals surface area contributed by atoms with Crippen molar-refractivity contribution in [1.82, 2.24) is 10.3 Å². The number of hydrogen-bond acceptors (Lipinski definition) is 7. The molecule has 0 bridgehead atoms. The molecule has 0 atom stereocenters. The largest absolute Gasteiger partial charge is 0.493 e. The average Bonchev–Trinajstić information content (AvgIpc) is 2.96. The van der Waals surface area contributed by atoms with Gasteiger partial charge in [0.05, 0.1) is 25.3 Å². The molecule has 200 valence electrons. The third kappa shape index (κ3) is 7.27. The van der Waals surface area contributed by atoms with E-state index in [1.807, 2.05) is 24.3 Å². The van der Waals surface area contributed by atoms with E-state index < -0.39 is 0 Å². The molecular formula is C30H28ClN3O5. The number of para-hydroxylation sites is 1. The van der Waals surface area contributed by atoms with Crippen LogP contribution in [0.4, 0.5) is 5.69 Å². The summed E-state index contributed by atoms with van der Waals surface area (Å²) in [4.78, 5) is 29.6. The van der Waals surface area contributed by atoms with Gasteiger partial charge in [0.2, 0.25) is 0 Å². The molecule has 9 heteroatoms. The SMILES string of the molecule is COc1ccc(/C=C/C(=O)c2ccccc2OCC(=O)NCCNc2ccnc3cc(Cl)ccc23)cc1OC. The molecular weight excluding hydrogens is 518 g/mol. The molecule has 0 saturated heterocycles. The van der Waals surface area contributed by atoms with E-state index in [4.69, 9.17) is 25.8 Å². The van der Waals surface area contributed by atoms with E-state index in [1.165, 1.54) is 6.08 Å². The van der Waals surface area contributed by atoms with Crippen molar-refractivity contribution in [1.29, 1.82) is 0 Å². The predicted octanol–water partition coefficient (Wildman–Crippen LogP) is 5.41. The van der Waals surface area contributed by atoms with Gasteiger partial charge in [0.25, 0.3) is 5.91 Å². The van der Waals surface area contributed by atoms with Gasteiger partial charge < -0.3 is 24.8 Å². The molecule has 4 aromatic rings. The number of aromatic nitrogens is 1. The number of carbonyl (C=O) groups is 2. The highest BCUT2D eigenvalue weighted by atomic mass is 35.5. The number of hydrogen-bond donors (Lipinski definition) is 2. The maximum absolute atomic E-state index is 12.9. The highest BCUT2D eigenvalue weighted by molar-refractivity contribution is 6.31. The third-order valence-electron chi connectivity index (χ3n) is 5.81. The van der Waals surface area contributed by atoms with Gasteiger partial charge in [0.15, 0.2) is 23.9 Å². The Balaban J connectivity index is 1.29. The summed E-state index contributed by atoms with van der Waals surface area (Å²) in [7, 11) is 3.11. The Kier molecular flexibility index (Phi) is 9.37. The average molecular weight is 546 g/mol. The van der Waals surface area contributed by atoms with Crippen LogP contribution in [-0.4, -0.2) is 50.6 Å². The van der Waals surface area contributed by atoms with Crippen molar-refractivity contribution < 1.29 is 23.8 Å². The van der Waals surface area contributed by atoms with Crippen molar-refractivity contribution >= 4 is 46.0 Å². The van der Waals surface area contributed by atoms with Gasteiger partial charge in [-0.2, -0.15) is 0 Å². The van der Waals surface area contributed by atoms with E-state index in [9.17, 15) is 9.59 Å². The van der Waals surface area contributed by atoms with Gasteiger partial charge >= 0.3 is 0 Å². The van der Waals surface area contributed by atoms with Crippen LogP contribution in [0.2, 0.25) is 5.02 Å². The lowest BCUT2D eigenvalue weighted by atomic mass is 10.1. The number of amides is 1. The smallest absolute Gasteiger partial charge is 0.258 e. The molecule has 4 rings (SSSR count). The van der Waals surface area contributed by atoms with Crippen LogP contribution in [0.1, 0.15) is 15.9 Å². The Morgan fingerprint density at radius 3 is 2.56 bits per heavy atom. The molecule has 0 aliphatic carbocycles. The van der Waals surface area contributed by atoms with Gasteiger partial charge in [-0.15, -0.1) is 0 Å². The maximum atomic E-state index is 12.9. The zero-order chi connectivity index (χ0) is 27.6. The van der Waals surface area contributed by atoms with E-state index >= 15 is 0 Å². The second-order valence-corrected chi connectivity index (χ2v) is 8.83. The maximum Gasteiger partial charge on any atom is 0.258 e. The van der Waals surface area contributed by atoms with Crippen LogP contribution in [-0.2, 0) is 4.79 Å². The quantitative estimate of drug-likeness (QED) is 0.139.